The molecule has 0 aliphatic carbocycles. The van der Waals surface area contributed by atoms with Crippen molar-refractivity contribution in [3.63, 3.8) is 0 Å². The van der Waals surface area contributed by atoms with Gasteiger partial charge in [-0.15, -0.1) is 0 Å². The van der Waals surface area contributed by atoms with Crippen LogP contribution >= 0.6 is 27.5 Å². The Hall–Kier alpha value is -3.08. The van der Waals surface area contributed by atoms with Crippen molar-refractivity contribution in [3.05, 3.63) is 76.1 Å². The van der Waals surface area contributed by atoms with E-state index in [-0.39, 0.29) is 21.4 Å². The number of pyridine rings is 1. The number of nitrogens with one attached hydrogen (secondary N) is 1. The summed E-state index contributed by atoms with van der Waals surface area (Å²) in [6, 6.07) is 12.9. The molecule has 1 aromatic heterocycles. The smallest absolute Gasteiger partial charge is 0.261 e. The molecule has 0 radical (unpaired) electrons. The van der Waals surface area contributed by atoms with Gasteiger partial charge in [0.05, 0.1) is 35.3 Å². The summed E-state index contributed by atoms with van der Waals surface area (Å²) in [5.74, 6) is 0.430. The van der Waals surface area contributed by atoms with Gasteiger partial charge in [-0.3, -0.25) is 9.71 Å². The molecule has 0 unspecified atom stereocenters. The Kier molecular flexibility index (Phi) is 6.83. The molecule has 34 heavy (non-hydrogen) atoms. The summed E-state index contributed by atoms with van der Waals surface area (Å²) < 4.78 is 59.4. The second-order valence-electron chi connectivity index (χ2n) is 6.96. The lowest BCUT2D eigenvalue weighted by atomic mass is 10.2. The maximum atomic E-state index is 14.8. The molecule has 0 saturated carbocycles. The van der Waals surface area contributed by atoms with Gasteiger partial charge in [0.15, 0.2) is 23.1 Å². The fourth-order valence-corrected chi connectivity index (χ4v) is 4.73. The average molecular weight is 568 g/mol. The molecule has 7 nitrogen and oxygen atoms in total. The molecule has 1 N–H and O–H groups in total. The van der Waals surface area contributed by atoms with E-state index in [2.05, 4.69) is 25.6 Å². The Morgan fingerprint density at radius 2 is 1.68 bits per heavy atom. The highest BCUT2D eigenvalue weighted by atomic mass is 79.9. The fourth-order valence-electron chi connectivity index (χ4n) is 3.16. The third-order valence-electron chi connectivity index (χ3n) is 4.81. The second kappa shape index (κ2) is 9.65. The van der Waals surface area contributed by atoms with Crippen molar-refractivity contribution in [2.24, 2.45) is 0 Å². The van der Waals surface area contributed by atoms with Crippen molar-refractivity contribution in [1.82, 2.24) is 4.98 Å². The second-order valence-corrected chi connectivity index (χ2v) is 9.91. The number of ether oxygens (including phenoxy) is 3. The summed E-state index contributed by atoms with van der Waals surface area (Å²) >= 11 is 9.20. The number of halogens is 3. The molecule has 0 amide bonds. The molecule has 1 heterocycles. The normalized spacial score (nSPS) is 11.3. The van der Waals surface area contributed by atoms with Crippen LogP contribution in [0.2, 0.25) is 5.02 Å². The van der Waals surface area contributed by atoms with E-state index in [9.17, 15) is 12.8 Å². The molecular formula is C23H17BrClFN2O5S. The van der Waals surface area contributed by atoms with E-state index in [0.717, 1.165) is 6.07 Å². The first-order valence-corrected chi connectivity index (χ1v) is 12.3. The van der Waals surface area contributed by atoms with E-state index in [1.165, 1.54) is 50.7 Å². The number of hydrogen-bond acceptors (Lipinski definition) is 6. The van der Waals surface area contributed by atoms with Crippen LogP contribution < -0.4 is 18.9 Å². The lowest BCUT2D eigenvalue weighted by molar-refractivity contribution is 0.355. The number of rotatable bonds is 7. The van der Waals surface area contributed by atoms with E-state index in [1.807, 2.05) is 0 Å². The van der Waals surface area contributed by atoms with Gasteiger partial charge in [-0.05, 0) is 58.4 Å². The molecule has 4 aromatic rings. The van der Waals surface area contributed by atoms with Gasteiger partial charge in [0.25, 0.3) is 10.0 Å². The molecule has 0 spiro atoms. The van der Waals surface area contributed by atoms with Crippen molar-refractivity contribution in [3.8, 4) is 23.0 Å². The third-order valence-corrected chi connectivity index (χ3v) is 7.42. The Morgan fingerprint density at radius 3 is 2.35 bits per heavy atom. The molecular weight excluding hydrogens is 551 g/mol. The Labute approximate surface area is 208 Å². The number of sulfonamides is 1. The van der Waals surface area contributed by atoms with Gasteiger partial charge in [-0.2, -0.15) is 0 Å². The number of benzene rings is 3. The third kappa shape index (κ3) is 4.89. The van der Waals surface area contributed by atoms with Crippen LogP contribution in [0, 0.1) is 5.82 Å². The number of hydrogen-bond donors (Lipinski definition) is 1. The van der Waals surface area contributed by atoms with Crippen LogP contribution in [0.3, 0.4) is 0 Å². The minimum Gasteiger partial charge on any atom is -0.493 e. The van der Waals surface area contributed by atoms with Crippen LogP contribution in [-0.4, -0.2) is 27.6 Å². The van der Waals surface area contributed by atoms with E-state index in [4.69, 9.17) is 25.8 Å². The number of fused-ring (bicyclic) bond motifs is 1. The summed E-state index contributed by atoms with van der Waals surface area (Å²) in [7, 11) is -0.964. The van der Waals surface area contributed by atoms with Gasteiger partial charge in [0.1, 0.15) is 5.75 Å². The largest absolute Gasteiger partial charge is 0.493 e. The van der Waals surface area contributed by atoms with Gasteiger partial charge >= 0.3 is 0 Å². The highest BCUT2D eigenvalue weighted by Crippen LogP contribution is 2.37. The monoisotopic (exact) mass is 566 g/mol. The topological polar surface area (TPSA) is 86.8 Å². The van der Waals surface area contributed by atoms with Gasteiger partial charge in [0, 0.05) is 28.2 Å². The van der Waals surface area contributed by atoms with Gasteiger partial charge in [-0.1, -0.05) is 11.6 Å². The highest BCUT2D eigenvalue weighted by molar-refractivity contribution is 9.10. The summed E-state index contributed by atoms with van der Waals surface area (Å²) in [5, 5.41) is 0.813. The Bertz CT molecular complexity index is 1500. The number of methoxy groups -OCH3 is 2. The number of anilines is 1. The standard InChI is InChI=1S/C23H17BrClFN2O5S/c1-31-22-11-15-19(12-23(22)32-2)27-8-7-20(15)33-21-6-3-13(9-18(21)26)28-34(29,30)14-4-5-16(24)17(25)10-14/h3-12,28H,1-2H3. The van der Waals surface area contributed by atoms with E-state index in [0.29, 0.717) is 32.6 Å². The van der Waals surface area contributed by atoms with Crippen molar-refractivity contribution < 1.29 is 27.0 Å². The minimum atomic E-state index is -3.98. The van der Waals surface area contributed by atoms with Gasteiger partial charge < -0.3 is 14.2 Å². The zero-order valence-corrected chi connectivity index (χ0v) is 21.0. The van der Waals surface area contributed by atoms with Crippen LogP contribution in [0.1, 0.15) is 0 Å². The van der Waals surface area contributed by atoms with Crippen LogP contribution in [0.15, 0.2) is 70.2 Å². The summed E-state index contributed by atoms with van der Waals surface area (Å²) in [4.78, 5) is 4.23. The molecule has 4 rings (SSSR count). The maximum absolute atomic E-state index is 14.8. The maximum Gasteiger partial charge on any atom is 0.261 e. The average Bonchev–Trinajstić information content (AvgIpc) is 2.81. The molecule has 0 saturated heterocycles. The van der Waals surface area contributed by atoms with Gasteiger partial charge in [-0.25, -0.2) is 12.8 Å². The number of aromatic nitrogens is 1. The Balaban J connectivity index is 1.62. The zero-order valence-electron chi connectivity index (χ0n) is 17.8. The predicted octanol–water partition coefficient (Wildman–Crippen LogP) is 6.40. The lowest BCUT2D eigenvalue weighted by Crippen LogP contribution is -2.13. The first-order chi connectivity index (χ1) is 16.2. The van der Waals surface area contributed by atoms with Crippen molar-refractivity contribution in [2.75, 3.05) is 18.9 Å². The Morgan fingerprint density at radius 1 is 0.941 bits per heavy atom. The molecule has 11 heteroatoms. The van der Waals surface area contributed by atoms with Crippen molar-refractivity contribution in [1.29, 1.82) is 0 Å². The molecule has 176 valence electrons. The molecule has 3 aromatic carbocycles. The first kappa shape index (κ1) is 24.1. The molecule has 0 aliphatic heterocycles. The van der Waals surface area contributed by atoms with Crippen LogP contribution in [0.5, 0.6) is 23.0 Å². The lowest BCUT2D eigenvalue weighted by Gasteiger charge is -2.13. The molecule has 0 atom stereocenters. The molecule has 0 fully saturated rings. The van der Waals surface area contributed by atoms with Crippen LogP contribution in [0.25, 0.3) is 10.9 Å². The van der Waals surface area contributed by atoms with E-state index in [1.54, 1.807) is 18.2 Å². The quantitative estimate of drug-likeness (QED) is 0.278. The fraction of sp³-hybridized carbons (Fsp3) is 0.0870. The molecule has 0 bridgehead atoms. The number of nitrogens with zero attached hydrogens (tertiary/aromatic N) is 1. The summed E-state index contributed by atoms with van der Waals surface area (Å²) in [5.41, 5.74) is 0.586. The predicted molar refractivity (Wildman–Crippen MR) is 131 cm³/mol. The van der Waals surface area contributed by atoms with E-state index >= 15 is 0 Å². The van der Waals surface area contributed by atoms with Crippen LogP contribution in [-0.2, 0) is 10.0 Å². The highest BCUT2D eigenvalue weighted by Gasteiger charge is 2.18. The van der Waals surface area contributed by atoms with Crippen LogP contribution in [0.4, 0.5) is 10.1 Å². The SMILES string of the molecule is COc1cc2nccc(Oc3ccc(NS(=O)(=O)c4ccc(Br)c(Cl)c4)cc3F)c2cc1OC. The minimum absolute atomic E-state index is 0.0230. The molecule has 0 aliphatic rings. The zero-order chi connectivity index (χ0) is 24.5. The van der Waals surface area contributed by atoms with Crippen molar-refractivity contribution in [2.45, 2.75) is 4.90 Å². The van der Waals surface area contributed by atoms with E-state index < -0.39 is 15.8 Å². The first-order valence-electron chi connectivity index (χ1n) is 9.68. The summed E-state index contributed by atoms with van der Waals surface area (Å²) in [6.07, 6.45) is 1.52. The summed E-state index contributed by atoms with van der Waals surface area (Å²) in [6.45, 7) is 0. The van der Waals surface area contributed by atoms with Gasteiger partial charge in [0.2, 0.25) is 0 Å². The van der Waals surface area contributed by atoms with Crippen molar-refractivity contribution >= 4 is 54.1 Å².